The lowest BCUT2D eigenvalue weighted by Crippen LogP contribution is -2.50. The standard InChI is InChI=1S/C15H30/c1-9(2)15(8)13(6)11(4)10(3)12(5)14(15)7/h9-14H,1-8H3. The Labute approximate surface area is 96.8 Å². The molecule has 0 saturated heterocycles. The van der Waals surface area contributed by atoms with Gasteiger partial charge in [-0.2, -0.15) is 0 Å². The highest BCUT2D eigenvalue weighted by Gasteiger charge is 2.50. The van der Waals surface area contributed by atoms with Gasteiger partial charge in [-0.25, -0.2) is 0 Å². The van der Waals surface area contributed by atoms with Crippen molar-refractivity contribution in [3.8, 4) is 0 Å². The van der Waals surface area contributed by atoms with Crippen molar-refractivity contribution in [1.29, 1.82) is 0 Å². The van der Waals surface area contributed by atoms with Crippen molar-refractivity contribution in [3.05, 3.63) is 0 Å². The monoisotopic (exact) mass is 210 g/mol. The lowest BCUT2D eigenvalue weighted by Gasteiger charge is -2.56. The fourth-order valence-corrected chi connectivity index (χ4v) is 3.99. The first-order chi connectivity index (χ1) is 6.74. The third kappa shape index (κ3) is 1.74. The van der Waals surface area contributed by atoms with Gasteiger partial charge in [-0.15, -0.1) is 0 Å². The van der Waals surface area contributed by atoms with Crippen LogP contribution in [0.3, 0.4) is 0 Å². The van der Waals surface area contributed by atoms with Crippen molar-refractivity contribution < 1.29 is 0 Å². The predicted octanol–water partition coefficient (Wildman–Crippen LogP) is 4.84. The maximum atomic E-state index is 2.52. The molecule has 0 nitrogen and oxygen atoms in total. The Bertz CT molecular complexity index is 200. The Morgan fingerprint density at radius 3 is 1.33 bits per heavy atom. The lowest BCUT2D eigenvalue weighted by molar-refractivity contribution is -0.0806. The maximum absolute atomic E-state index is 2.52. The summed E-state index contributed by atoms with van der Waals surface area (Å²) in [6.45, 7) is 19.6. The second kappa shape index (κ2) is 4.11. The molecular weight excluding hydrogens is 180 g/mol. The third-order valence-electron chi connectivity index (χ3n) is 6.44. The van der Waals surface area contributed by atoms with Gasteiger partial charge in [0.15, 0.2) is 0 Å². The highest BCUT2D eigenvalue weighted by molar-refractivity contribution is 4.98. The zero-order valence-corrected chi connectivity index (χ0v) is 12.0. The summed E-state index contributed by atoms with van der Waals surface area (Å²) in [7, 11) is 0. The van der Waals surface area contributed by atoms with E-state index in [-0.39, 0.29) is 0 Å². The second-order valence-corrected chi connectivity index (χ2v) is 6.68. The second-order valence-electron chi connectivity index (χ2n) is 6.68. The minimum atomic E-state index is 0.519. The molecule has 0 aliphatic heterocycles. The first kappa shape index (κ1) is 13.1. The molecule has 0 bridgehead atoms. The highest BCUT2D eigenvalue weighted by Crippen LogP contribution is 2.56. The van der Waals surface area contributed by atoms with E-state index in [1.165, 1.54) is 0 Å². The molecular formula is C15H30. The summed E-state index contributed by atoms with van der Waals surface area (Å²) in [4.78, 5) is 0. The van der Waals surface area contributed by atoms with Crippen molar-refractivity contribution in [2.24, 2.45) is 40.9 Å². The molecule has 0 N–H and O–H groups in total. The molecule has 0 aromatic rings. The molecule has 4 atom stereocenters. The van der Waals surface area contributed by atoms with Gasteiger partial charge in [0.25, 0.3) is 0 Å². The summed E-state index contributed by atoms with van der Waals surface area (Å²) in [5.74, 6) is 5.09. The van der Waals surface area contributed by atoms with Gasteiger partial charge in [-0.1, -0.05) is 55.4 Å². The summed E-state index contributed by atoms with van der Waals surface area (Å²) in [5.41, 5.74) is 0.519. The van der Waals surface area contributed by atoms with Crippen molar-refractivity contribution >= 4 is 0 Å². The minimum absolute atomic E-state index is 0.519. The van der Waals surface area contributed by atoms with Gasteiger partial charge in [-0.05, 0) is 40.9 Å². The molecule has 0 aromatic carbocycles. The van der Waals surface area contributed by atoms with Crippen LogP contribution in [0.1, 0.15) is 55.4 Å². The zero-order chi connectivity index (χ0) is 12.0. The Morgan fingerprint density at radius 2 is 1.07 bits per heavy atom. The zero-order valence-electron chi connectivity index (χ0n) is 12.0. The van der Waals surface area contributed by atoms with Gasteiger partial charge in [0.2, 0.25) is 0 Å². The molecule has 0 amide bonds. The van der Waals surface area contributed by atoms with E-state index in [0.717, 1.165) is 35.5 Å². The minimum Gasteiger partial charge on any atom is -0.0622 e. The molecule has 0 aromatic heterocycles. The molecule has 90 valence electrons. The summed E-state index contributed by atoms with van der Waals surface area (Å²) >= 11 is 0. The van der Waals surface area contributed by atoms with Gasteiger partial charge in [-0.3, -0.25) is 0 Å². The van der Waals surface area contributed by atoms with Crippen LogP contribution in [0.2, 0.25) is 0 Å². The van der Waals surface area contributed by atoms with Gasteiger partial charge in [0.1, 0.15) is 0 Å². The van der Waals surface area contributed by atoms with Crippen LogP contribution in [-0.4, -0.2) is 0 Å². The molecule has 0 heteroatoms. The van der Waals surface area contributed by atoms with Crippen LogP contribution in [0.25, 0.3) is 0 Å². The lowest BCUT2D eigenvalue weighted by atomic mass is 9.49. The van der Waals surface area contributed by atoms with Crippen LogP contribution in [0.15, 0.2) is 0 Å². The van der Waals surface area contributed by atoms with Crippen molar-refractivity contribution in [2.75, 3.05) is 0 Å². The average Bonchev–Trinajstić information content (AvgIpc) is 2.20. The molecule has 4 unspecified atom stereocenters. The van der Waals surface area contributed by atoms with Crippen molar-refractivity contribution in [1.82, 2.24) is 0 Å². The number of hydrogen-bond acceptors (Lipinski definition) is 0. The fraction of sp³-hybridized carbons (Fsp3) is 1.00. The van der Waals surface area contributed by atoms with Crippen molar-refractivity contribution in [3.63, 3.8) is 0 Å². The molecule has 0 heterocycles. The van der Waals surface area contributed by atoms with Crippen LogP contribution in [0.4, 0.5) is 0 Å². The van der Waals surface area contributed by atoms with Gasteiger partial charge in [0.05, 0.1) is 0 Å². The molecule has 1 fully saturated rings. The Hall–Kier alpha value is 0. The van der Waals surface area contributed by atoms with Gasteiger partial charge in [0, 0.05) is 0 Å². The van der Waals surface area contributed by atoms with Crippen LogP contribution < -0.4 is 0 Å². The topological polar surface area (TPSA) is 0 Å². The highest BCUT2D eigenvalue weighted by atomic mass is 14.5. The van der Waals surface area contributed by atoms with E-state index in [4.69, 9.17) is 0 Å². The normalized spacial score (nSPS) is 52.2. The van der Waals surface area contributed by atoms with E-state index < -0.39 is 0 Å². The first-order valence-corrected chi connectivity index (χ1v) is 6.74. The Morgan fingerprint density at radius 1 is 0.733 bits per heavy atom. The van der Waals surface area contributed by atoms with Gasteiger partial charge < -0.3 is 0 Å². The molecule has 1 aliphatic carbocycles. The smallest absolute Gasteiger partial charge is 0.0246 e. The van der Waals surface area contributed by atoms with Crippen LogP contribution in [0.5, 0.6) is 0 Å². The summed E-state index contributed by atoms with van der Waals surface area (Å²) in [5, 5.41) is 0. The van der Waals surface area contributed by atoms with E-state index in [9.17, 15) is 0 Å². The summed E-state index contributed by atoms with van der Waals surface area (Å²) < 4.78 is 0. The SMILES string of the molecule is CC1C(C)C(C)C(C)(C(C)C)C(C)C1C. The van der Waals surface area contributed by atoms with Gasteiger partial charge >= 0.3 is 0 Å². The predicted molar refractivity (Wildman–Crippen MR) is 68.8 cm³/mol. The fourth-order valence-electron chi connectivity index (χ4n) is 3.99. The van der Waals surface area contributed by atoms with Crippen LogP contribution in [-0.2, 0) is 0 Å². The maximum Gasteiger partial charge on any atom is -0.0246 e. The van der Waals surface area contributed by atoms with E-state index >= 15 is 0 Å². The van der Waals surface area contributed by atoms with E-state index in [0.29, 0.717) is 5.41 Å². The molecule has 1 saturated carbocycles. The summed E-state index contributed by atoms with van der Waals surface area (Å²) in [6, 6.07) is 0. The van der Waals surface area contributed by atoms with Crippen molar-refractivity contribution in [2.45, 2.75) is 55.4 Å². The van der Waals surface area contributed by atoms with Crippen LogP contribution in [0, 0.1) is 40.9 Å². The molecule has 0 radical (unpaired) electrons. The molecule has 1 aliphatic rings. The molecule has 15 heavy (non-hydrogen) atoms. The summed E-state index contributed by atoms with van der Waals surface area (Å²) in [6.07, 6.45) is 0. The largest absolute Gasteiger partial charge is 0.0622 e. The Kier molecular flexibility index (Phi) is 3.58. The molecule has 1 rings (SSSR count). The third-order valence-corrected chi connectivity index (χ3v) is 6.44. The van der Waals surface area contributed by atoms with E-state index in [1.54, 1.807) is 0 Å². The average molecular weight is 210 g/mol. The van der Waals surface area contributed by atoms with Crippen LogP contribution >= 0.6 is 0 Å². The number of rotatable bonds is 1. The molecule has 0 spiro atoms. The number of hydrogen-bond donors (Lipinski definition) is 0. The van der Waals surface area contributed by atoms with E-state index in [2.05, 4.69) is 55.4 Å². The first-order valence-electron chi connectivity index (χ1n) is 6.74. The quantitative estimate of drug-likeness (QED) is 0.581. The van der Waals surface area contributed by atoms with E-state index in [1.807, 2.05) is 0 Å². The Balaban J connectivity index is 3.07.